The number of nitrogens with one attached hydrogen (secondary N) is 1. The van der Waals surface area contributed by atoms with Gasteiger partial charge in [0.25, 0.3) is 0 Å². The summed E-state index contributed by atoms with van der Waals surface area (Å²) in [6.07, 6.45) is 1.21. The highest BCUT2D eigenvalue weighted by Crippen LogP contribution is 2.36. The minimum Gasteiger partial charge on any atom is -0.493 e. The fourth-order valence-corrected chi connectivity index (χ4v) is 3.09. The molecule has 0 bridgehead atoms. The predicted molar refractivity (Wildman–Crippen MR) is 80.0 cm³/mol. The molecule has 0 aromatic heterocycles. The van der Waals surface area contributed by atoms with Crippen LogP contribution in [0.1, 0.15) is 12.0 Å². The number of ether oxygens (including phenoxy) is 2. The van der Waals surface area contributed by atoms with Crippen LogP contribution in [0, 0.1) is 0 Å². The van der Waals surface area contributed by atoms with E-state index < -0.39 is 0 Å². The Hall–Kier alpha value is -0.780. The van der Waals surface area contributed by atoms with Gasteiger partial charge in [-0.05, 0) is 53.6 Å². The van der Waals surface area contributed by atoms with Crippen molar-refractivity contribution in [3.05, 3.63) is 22.2 Å². The van der Waals surface area contributed by atoms with Crippen LogP contribution in [-0.2, 0) is 6.54 Å². The first-order valence-corrected chi connectivity index (χ1v) is 7.25. The van der Waals surface area contributed by atoms with E-state index in [1.807, 2.05) is 6.07 Å². The number of halogens is 1. The Kier molecular flexibility index (Phi) is 5.07. The Bertz CT molecular complexity index is 440. The van der Waals surface area contributed by atoms with Crippen LogP contribution >= 0.6 is 15.9 Å². The van der Waals surface area contributed by atoms with E-state index in [-0.39, 0.29) is 0 Å². The van der Waals surface area contributed by atoms with Crippen molar-refractivity contribution in [2.24, 2.45) is 0 Å². The molecular formula is C14H21BrN2O2. The Morgan fingerprint density at radius 2 is 2.16 bits per heavy atom. The van der Waals surface area contributed by atoms with Gasteiger partial charge in [0.1, 0.15) is 0 Å². The summed E-state index contributed by atoms with van der Waals surface area (Å²) >= 11 is 3.52. The van der Waals surface area contributed by atoms with Gasteiger partial charge in [0.05, 0.1) is 18.7 Å². The van der Waals surface area contributed by atoms with Gasteiger partial charge >= 0.3 is 0 Å². The lowest BCUT2D eigenvalue weighted by atomic mass is 10.1. The van der Waals surface area contributed by atoms with Gasteiger partial charge in [-0.2, -0.15) is 0 Å². The molecule has 1 aromatic carbocycles. The lowest BCUT2D eigenvalue weighted by Crippen LogP contribution is -2.30. The van der Waals surface area contributed by atoms with E-state index >= 15 is 0 Å². The lowest BCUT2D eigenvalue weighted by molar-refractivity contribution is 0.352. The zero-order valence-electron chi connectivity index (χ0n) is 11.7. The van der Waals surface area contributed by atoms with Crippen molar-refractivity contribution in [1.29, 1.82) is 0 Å². The zero-order valence-corrected chi connectivity index (χ0v) is 13.3. The molecule has 1 aliphatic heterocycles. The van der Waals surface area contributed by atoms with E-state index in [0.717, 1.165) is 29.1 Å². The molecule has 4 nitrogen and oxygen atoms in total. The van der Waals surface area contributed by atoms with Gasteiger partial charge in [0.2, 0.25) is 0 Å². The number of hydrogen-bond acceptors (Lipinski definition) is 4. The van der Waals surface area contributed by atoms with E-state index in [1.165, 1.54) is 18.5 Å². The number of hydrogen-bond donors (Lipinski definition) is 1. The van der Waals surface area contributed by atoms with Crippen molar-refractivity contribution < 1.29 is 9.47 Å². The summed E-state index contributed by atoms with van der Waals surface area (Å²) in [5.41, 5.74) is 1.19. The van der Waals surface area contributed by atoms with Crippen LogP contribution in [0.25, 0.3) is 0 Å². The molecule has 1 saturated heterocycles. The van der Waals surface area contributed by atoms with Crippen LogP contribution in [0.15, 0.2) is 16.6 Å². The van der Waals surface area contributed by atoms with E-state index in [1.54, 1.807) is 14.2 Å². The lowest BCUT2D eigenvalue weighted by Gasteiger charge is -2.15. The Labute approximate surface area is 123 Å². The van der Waals surface area contributed by atoms with Crippen LogP contribution in [-0.4, -0.2) is 45.3 Å². The highest BCUT2D eigenvalue weighted by Gasteiger charge is 2.19. The highest BCUT2D eigenvalue weighted by molar-refractivity contribution is 9.10. The van der Waals surface area contributed by atoms with Crippen LogP contribution in [0.4, 0.5) is 0 Å². The Morgan fingerprint density at radius 1 is 1.37 bits per heavy atom. The molecule has 1 fully saturated rings. The van der Waals surface area contributed by atoms with Gasteiger partial charge in [-0.15, -0.1) is 0 Å². The monoisotopic (exact) mass is 328 g/mol. The molecule has 1 unspecified atom stereocenters. The number of benzene rings is 1. The molecule has 0 radical (unpaired) electrons. The fourth-order valence-electron chi connectivity index (χ4n) is 2.44. The molecule has 1 aromatic rings. The second-order valence-electron chi connectivity index (χ2n) is 4.94. The van der Waals surface area contributed by atoms with Gasteiger partial charge in [0, 0.05) is 19.1 Å². The number of likely N-dealkylation sites (N-methyl/N-ethyl adjacent to an activating group) is 1. The summed E-state index contributed by atoms with van der Waals surface area (Å²) in [7, 11) is 5.47. The average molecular weight is 329 g/mol. The van der Waals surface area contributed by atoms with Gasteiger partial charge in [0.15, 0.2) is 11.5 Å². The highest BCUT2D eigenvalue weighted by atomic mass is 79.9. The summed E-state index contributed by atoms with van der Waals surface area (Å²) in [6.45, 7) is 3.14. The number of rotatable bonds is 5. The summed E-state index contributed by atoms with van der Waals surface area (Å²) in [6, 6.07) is 4.68. The summed E-state index contributed by atoms with van der Waals surface area (Å²) in [5.74, 6) is 1.50. The summed E-state index contributed by atoms with van der Waals surface area (Å²) < 4.78 is 11.6. The van der Waals surface area contributed by atoms with Gasteiger partial charge < -0.3 is 19.7 Å². The Morgan fingerprint density at radius 3 is 2.74 bits per heavy atom. The minimum absolute atomic E-state index is 0.580. The first-order valence-electron chi connectivity index (χ1n) is 6.46. The van der Waals surface area contributed by atoms with Gasteiger partial charge in [-0.1, -0.05) is 0 Å². The maximum absolute atomic E-state index is 5.36. The first-order chi connectivity index (χ1) is 9.13. The third-order valence-corrected chi connectivity index (χ3v) is 4.07. The molecule has 5 heteroatoms. The van der Waals surface area contributed by atoms with E-state index in [0.29, 0.717) is 6.04 Å². The molecule has 19 heavy (non-hydrogen) atoms. The topological polar surface area (TPSA) is 33.7 Å². The second-order valence-corrected chi connectivity index (χ2v) is 5.80. The van der Waals surface area contributed by atoms with Crippen molar-refractivity contribution >= 4 is 15.9 Å². The standard InChI is InChI=1S/C14H21BrN2O2/c1-17-5-4-11(9-17)16-8-10-6-12(15)14(19-3)13(7-10)18-2/h6-7,11,16H,4-5,8-9H2,1-3H3. The molecule has 0 saturated carbocycles. The third kappa shape index (κ3) is 3.61. The van der Waals surface area contributed by atoms with Gasteiger partial charge in [-0.25, -0.2) is 0 Å². The van der Waals surface area contributed by atoms with Crippen molar-refractivity contribution in [2.45, 2.75) is 19.0 Å². The fraction of sp³-hybridized carbons (Fsp3) is 0.571. The SMILES string of the molecule is COc1cc(CNC2CCN(C)C2)cc(Br)c1OC. The predicted octanol–water partition coefficient (Wildman–Crippen LogP) is 2.26. The zero-order chi connectivity index (χ0) is 13.8. The molecule has 1 atom stereocenters. The van der Waals surface area contributed by atoms with E-state index in [4.69, 9.17) is 9.47 Å². The molecule has 106 valence electrons. The van der Waals surface area contributed by atoms with Crippen molar-refractivity contribution in [3.8, 4) is 11.5 Å². The second kappa shape index (κ2) is 6.59. The van der Waals surface area contributed by atoms with Gasteiger partial charge in [-0.3, -0.25) is 0 Å². The van der Waals surface area contributed by atoms with Crippen molar-refractivity contribution in [3.63, 3.8) is 0 Å². The first kappa shape index (κ1) is 14.6. The third-order valence-electron chi connectivity index (χ3n) is 3.48. The molecule has 1 aliphatic rings. The number of likely N-dealkylation sites (tertiary alicyclic amines) is 1. The summed E-state index contributed by atoms with van der Waals surface area (Å²) in [5, 5.41) is 3.59. The van der Waals surface area contributed by atoms with Crippen LogP contribution in [0.2, 0.25) is 0 Å². The molecule has 0 spiro atoms. The minimum atomic E-state index is 0.580. The molecule has 2 rings (SSSR count). The Balaban J connectivity index is 2.02. The van der Waals surface area contributed by atoms with Crippen molar-refractivity contribution in [2.75, 3.05) is 34.4 Å². The molecule has 0 aliphatic carbocycles. The largest absolute Gasteiger partial charge is 0.493 e. The molecular weight excluding hydrogens is 308 g/mol. The molecule has 1 heterocycles. The smallest absolute Gasteiger partial charge is 0.174 e. The number of nitrogens with zero attached hydrogens (tertiary/aromatic N) is 1. The maximum Gasteiger partial charge on any atom is 0.174 e. The van der Waals surface area contributed by atoms with Crippen LogP contribution in [0.5, 0.6) is 11.5 Å². The van der Waals surface area contributed by atoms with E-state index in [2.05, 4.69) is 39.3 Å². The average Bonchev–Trinajstić information content (AvgIpc) is 2.81. The van der Waals surface area contributed by atoms with E-state index in [9.17, 15) is 0 Å². The van der Waals surface area contributed by atoms with Crippen LogP contribution in [0.3, 0.4) is 0 Å². The summed E-state index contributed by atoms with van der Waals surface area (Å²) in [4.78, 5) is 2.35. The van der Waals surface area contributed by atoms with Crippen molar-refractivity contribution in [1.82, 2.24) is 10.2 Å². The van der Waals surface area contributed by atoms with Crippen LogP contribution < -0.4 is 14.8 Å². The number of methoxy groups -OCH3 is 2. The molecule has 0 amide bonds. The molecule has 1 N–H and O–H groups in total. The quantitative estimate of drug-likeness (QED) is 0.899. The maximum atomic E-state index is 5.36. The normalized spacial score (nSPS) is 19.7.